The summed E-state index contributed by atoms with van der Waals surface area (Å²) in [6.45, 7) is 4.53. The van der Waals surface area contributed by atoms with Crippen LogP contribution in [0.25, 0.3) is 0 Å². The molecule has 106 valence electrons. The molecule has 0 amide bonds. The van der Waals surface area contributed by atoms with Crippen molar-refractivity contribution in [1.82, 2.24) is 5.32 Å². The Labute approximate surface area is 126 Å². The van der Waals surface area contributed by atoms with Gasteiger partial charge in [-0.15, -0.1) is 0 Å². The van der Waals surface area contributed by atoms with Crippen molar-refractivity contribution >= 4 is 15.9 Å². The van der Waals surface area contributed by atoms with Crippen molar-refractivity contribution in [2.75, 3.05) is 7.05 Å². The van der Waals surface area contributed by atoms with Gasteiger partial charge in [0, 0.05) is 10.5 Å². The molecule has 1 aromatic carbocycles. The Morgan fingerprint density at radius 1 is 1.32 bits per heavy atom. The van der Waals surface area contributed by atoms with Gasteiger partial charge in [0.2, 0.25) is 0 Å². The molecule has 1 N–H and O–H groups in total. The van der Waals surface area contributed by atoms with Gasteiger partial charge in [0.1, 0.15) is 0 Å². The molecular weight excluding hydrogens is 298 g/mol. The molecule has 2 rings (SSSR count). The SMILES string of the molecule is CCC1CCCCC1C(NC)c1cc(C)ccc1Br. The van der Waals surface area contributed by atoms with E-state index in [9.17, 15) is 0 Å². The molecule has 0 heterocycles. The summed E-state index contributed by atoms with van der Waals surface area (Å²) < 4.78 is 1.25. The van der Waals surface area contributed by atoms with Crippen LogP contribution in [0.3, 0.4) is 0 Å². The van der Waals surface area contributed by atoms with Gasteiger partial charge in [0.15, 0.2) is 0 Å². The first-order valence-corrected chi connectivity index (χ1v) is 8.40. The molecule has 3 unspecified atom stereocenters. The maximum atomic E-state index is 3.74. The van der Waals surface area contributed by atoms with Crippen LogP contribution in [-0.2, 0) is 0 Å². The van der Waals surface area contributed by atoms with E-state index in [1.165, 1.54) is 47.7 Å². The van der Waals surface area contributed by atoms with Crippen LogP contribution >= 0.6 is 15.9 Å². The monoisotopic (exact) mass is 323 g/mol. The van der Waals surface area contributed by atoms with Crippen molar-refractivity contribution in [3.63, 3.8) is 0 Å². The molecule has 0 bridgehead atoms. The molecule has 0 spiro atoms. The number of rotatable bonds is 4. The fraction of sp³-hybridized carbons (Fsp3) is 0.647. The highest BCUT2D eigenvalue weighted by atomic mass is 79.9. The molecule has 1 aromatic rings. The van der Waals surface area contributed by atoms with Gasteiger partial charge in [-0.1, -0.05) is 66.2 Å². The minimum Gasteiger partial charge on any atom is -0.313 e. The third-order valence-corrected chi connectivity index (χ3v) is 5.44. The van der Waals surface area contributed by atoms with Crippen LogP contribution in [0.2, 0.25) is 0 Å². The fourth-order valence-electron chi connectivity index (χ4n) is 3.68. The molecule has 2 heteroatoms. The molecule has 0 aliphatic heterocycles. The van der Waals surface area contributed by atoms with Gasteiger partial charge in [0.05, 0.1) is 0 Å². The van der Waals surface area contributed by atoms with E-state index in [2.05, 4.69) is 60.3 Å². The average molecular weight is 324 g/mol. The first-order chi connectivity index (χ1) is 9.17. The Kier molecular flexibility index (Phi) is 5.47. The molecule has 1 saturated carbocycles. The second kappa shape index (κ2) is 6.90. The molecule has 1 nitrogen and oxygen atoms in total. The summed E-state index contributed by atoms with van der Waals surface area (Å²) in [7, 11) is 2.11. The Hall–Kier alpha value is -0.340. The molecule has 3 atom stereocenters. The third-order valence-electron chi connectivity index (χ3n) is 4.72. The van der Waals surface area contributed by atoms with Crippen molar-refractivity contribution < 1.29 is 0 Å². The van der Waals surface area contributed by atoms with Crippen molar-refractivity contribution in [2.45, 2.75) is 52.0 Å². The van der Waals surface area contributed by atoms with Crippen molar-refractivity contribution in [1.29, 1.82) is 0 Å². The minimum atomic E-state index is 0.486. The second-order valence-electron chi connectivity index (χ2n) is 5.91. The molecule has 0 radical (unpaired) electrons. The van der Waals surface area contributed by atoms with Gasteiger partial charge in [-0.3, -0.25) is 0 Å². The minimum absolute atomic E-state index is 0.486. The van der Waals surface area contributed by atoms with Crippen LogP contribution in [0, 0.1) is 18.8 Å². The normalized spacial score (nSPS) is 25.3. The highest BCUT2D eigenvalue weighted by Crippen LogP contribution is 2.41. The van der Waals surface area contributed by atoms with Gasteiger partial charge in [-0.2, -0.15) is 0 Å². The second-order valence-corrected chi connectivity index (χ2v) is 6.76. The van der Waals surface area contributed by atoms with Gasteiger partial charge in [0.25, 0.3) is 0 Å². The maximum absolute atomic E-state index is 3.74. The van der Waals surface area contributed by atoms with Gasteiger partial charge in [-0.25, -0.2) is 0 Å². The lowest BCUT2D eigenvalue weighted by Gasteiger charge is -2.37. The van der Waals surface area contributed by atoms with E-state index in [1.807, 2.05) is 0 Å². The predicted octanol–water partition coefficient (Wildman–Crippen LogP) is 5.23. The summed E-state index contributed by atoms with van der Waals surface area (Å²) in [6, 6.07) is 7.20. The van der Waals surface area contributed by atoms with Crippen LogP contribution in [-0.4, -0.2) is 7.05 Å². The van der Waals surface area contributed by atoms with E-state index >= 15 is 0 Å². The van der Waals surface area contributed by atoms with Gasteiger partial charge < -0.3 is 5.32 Å². The van der Waals surface area contributed by atoms with E-state index in [4.69, 9.17) is 0 Å². The Morgan fingerprint density at radius 3 is 2.74 bits per heavy atom. The summed E-state index contributed by atoms with van der Waals surface area (Å²) in [4.78, 5) is 0. The Morgan fingerprint density at radius 2 is 2.05 bits per heavy atom. The first-order valence-electron chi connectivity index (χ1n) is 7.60. The van der Waals surface area contributed by atoms with Crippen LogP contribution in [0.15, 0.2) is 22.7 Å². The number of benzene rings is 1. The van der Waals surface area contributed by atoms with E-state index in [-0.39, 0.29) is 0 Å². The van der Waals surface area contributed by atoms with Gasteiger partial charge in [-0.05, 0) is 43.9 Å². The lowest BCUT2D eigenvalue weighted by atomic mass is 9.72. The van der Waals surface area contributed by atoms with Crippen LogP contribution in [0.5, 0.6) is 0 Å². The van der Waals surface area contributed by atoms with Crippen molar-refractivity contribution in [3.05, 3.63) is 33.8 Å². The van der Waals surface area contributed by atoms with Crippen LogP contribution in [0.1, 0.15) is 56.2 Å². The predicted molar refractivity (Wildman–Crippen MR) is 86.4 cm³/mol. The van der Waals surface area contributed by atoms with Crippen molar-refractivity contribution in [2.24, 2.45) is 11.8 Å². The van der Waals surface area contributed by atoms with Gasteiger partial charge >= 0.3 is 0 Å². The zero-order chi connectivity index (χ0) is 13.8. The van der Waals surface area contributed by atoms with E-state index in [0.29, 0.717) is 6.04 Å². The number of aryl methyl sites for hydroxylation is 1. The molecule has 19 heavy (non-hydrogen) atoms. The molecule has 0 aromatic heterocycles. The number of hydrogen-bond acceptors (Lipinski definition) is 1. The summed E-state index contributed by atoms with van der Waals surface area (Å²) in [5, 5.41) is 3.59. The number of nitrogens with one attached hydrogen (secondary N) is 1. The van der Waals surface area contributed by atoms with Crippen LogP contribution in [0.4, 0.5) is 0 Å². The standard InChI is InChI=1S/C17H26BrN/c1-4-13-7-5-6-8-14(13)17(19-3)15-11-12(2)9-10-16(15)18/h9-11,13-14,17,19H,4-8H2,1-3H3. The molecule has 1 fully saturated rings. The summed E-state index contributed by atoms with van der Waals surface area (Å²) >= 11 is 3.74. The largest absolute Gasteiger partial charge is 0.313 e. The quantitative estimate of drug-likeness (QED) is 0.799. The molecule has 1 aliphatic carbocycles. The zero-order valence-electron chi connectivity index (χ0n) is 12.4. The summed E-state index contributed by atoms with van der Waals surface area (Å²) in [5.74, 6) is 1.65. The Bertz CT molecular complexity index is 416. The van der Waals surface area contributed by atoms with Crippen molar-refractivity contribution in [3.8, 4) is 0 Å². The first kappa shape index (κ1) is 15.1. The lowest BCUT2D eigenvalue weighted by molar-refractivity contribution is 0.180. The lowest BCUT2D eigenvalue weighted by Crippen LogP contribution is -2.32. The summed E-state index contributed by atoms with van der Waals surface area (Å²) in [6.07, 6.45) is 6.89. The maximum Gasteiger partial charge on any atom is 0.0360 e. The molecule has 1 aliphatic rings. The van der Waals surface area contributed by atoms with Crippen LogP contribution < -0.4 is 5.32 Å². The number of halogens is 1. The highest BCUT2D eigenvalue weighted by Gasteiger charge is 2.31. The summed E-state index contributed by atoms with van der Waals surface area (Å²) in [5.41, 5.74) is 2.79. The third kappa shape index (κ3) is 3.41. The molecule has 0 saturated heterocycles. The zero-order valence-corrected chi connectivity index (χ0v) is 14.0. The van der Waals surface area contributed by atoms with E-state index in [1.54, 1.807) is 0 Å². The highest BCUT2D eigenvalue weighted by molar-refractivity contribution is 9.10. The average Bonchev–Trinajstić information content (AvgIpc) is 2.44. The van der Waals surface area contributed by atoms with E-state index < -0.39 is 0 Å². The smallest absolute Gasteiger partial charge is 0.0360 e. The molecular formula is C17H26BrN. The topological polar surface area (TPSA) is 12.0 Å². The fourth-order valence-corrected chi connectivity index (χ4v) is 4.18. The Balaban J connectivity index is 2.29. The number of hydrogen-bond donors (Lipinski definition) is 1. The van der Waals surface area contributed by atoms with E-state index in [0.717, 1.165) is 11.8 Å².